The minimum Gasteiger partial charge on any atom is -0.0656 e. The molecule has 0 aromatic carbocycles. The maximum Gasteiger partial charge on any atom is -0.0380 e. The third kappa shape index (κ3) is 16.0. The van der Waals surface area contributed by atoms with Crippen LogP contribution in [-0.2, 0) is 0 Å². The highest BCUT2D eigenvalue weighted by Crippen LogP contribution is 2.31. The summed E-state index contributed by atoms with van der Waals surface area (Å²) in [6.07, 6.45) is 8.16. The molecular formula is C17H38. The fraction of sp³-hybridized carbons (Fsp3) is 1.00. The zero-order valence-electron chi connectivity index (χ0n) is 13.9. The molecule has 0 rings (SSSR count). The Morgan fingerprint density at radius 2 is 1.41 bits per heavy atom. The fourth-order valence-electron chi connectivity index (χ4n) is 2.44. The molecule has 0 fully saturated rings. The highest BCUT2D eigenvalue weighted by atomic mass is 14.2. The smallest absolute Gasteiger partial charge is 0.0380 e. The van der Waals surface area contributed by atoms with E-state index in [1.807, 2.05) is 0 Å². The fourth-order valence-corrected chi connectivity index (χ4v) is 2.44. The van der Waals surface area contributed by atoms with Crippen LogP contribution in [-0.4, -0.2) is 0 Å². The molecule has 0 saturated carbocycles. The zero-order chi connectivity index (χ0) is 13.9. The Labute approximate surface area is 112 Å². The molecule has 0 spiro atoms. The normalized spacial score (nSPS) is 14.8. The van der Waals surface area contributed by atoms with Gasteiger partial charge >= 0.3 is 0 Å². The van der Waals surface area contributed by atoms with Crippen molar-refractivity contribution in [2.75, 3.05) is 0 Å². The van der Waals surface area contributed by atoms with Gasteiger partial charge in [-0.05, 0) is 30.1 Å². The van der Waals surface area contributed by atoms with Gasteiger partial charge in [0.2, 0.25) is 0 Å². The SMILES string of the molecule is CCC.CCCC(C)CC(CC)CC(C)(C)C. The van der Waals surface area contributed by atoms with Crippen molar-refractivity contribution in [2.45, 2.75) is 93.9 Å². The van der Waals surface area contributed by atoms with Crippen LogP contribution in [0.3, 0.4) is 0 Å². The van der Waals surface area contributed by atoms with Crippen molar-refractivity contribution in [3.63, 3.8) is 0 Å². The molecule has 0 heterocycles. The van der Waals surface area contributed by atoms with E-state index in [4.69, 9.17) is 0 Å². The van der Waals surface area contributed by atoms with Crippen LogP contribution >= 0.6 is 0 Å². The van der Waals surface area contributed by atoms with E-state index < -0.39 is 0 Å². The van der Waals surface area contributed by atoms with Crippen molar-refractivity contribution >= 4 is 0 Å². The van der Waals surface area contributed by atoms with Crippen molar-refractivity contribution in [1.82, 2.24) is 0 Å². The third-order valence-electron chi connectivity index (χ3n) is 3.00. The van der Waals surface area contributed by atoms with Gasteiger partial charge in [0.25, 0.3) is 0 Å². The Balaban J connectivity index is 0. The molecule has 17 heavy (non-hydrogen) atoms. The molecule has 0 heteroatoms. The van der Waals surface area contributed by atoms with Crippen LogP contribution in [0.15, 0.2) is 0 Å². The maximum atomic E-state index is 2.41. The zero-order valence-corrected chi connectivity index (χ0v) is 13.9. The van der Waals surface area contributed by atoms with Crippen molar-refractivity contribution in [3.05, 3.63) is 0 Å². The highest BCUT2D eigenvalue weighted by molar-refractivity contribution is 4.70. The lowest BCUT2D eigenvalue weighted by Gasteiger charge is -2.27. The molecule has 0 nitrogen and oxygen atoms in total. The molecule has 0 radical (unpaired) electrons. The standard InChI is InChI=1S/C14H30.C3H8/c1-7-9-12(3)10-13(8-2)11-14(4,5)6;1-3-2/h12-13H,7-11H2,1-6H3;3H2,1-2H3. The van der Waals surface area contributed by atoms with Crippen LogP contribution < -0.4 is 0 Å². The average molecular weight is 242 g/mol. The first kappa shape index (κ1) is 19.3. The Kier molecular flexibility index (Phi) is 12.6. The van der Waals surface area contributed by atoms with Gasteiger partial charge in [-0.2, -0.15) is 0 Å². The molecule has 106 valence electrons. The predicted octanol–water partition coefficient (Wildman–Crippen LogP) is 6.69. The first-order chi connectivity index (χ1) is 7.80. The Morgan fingerprint density at radius 1 is 0.941 bits per heavy atom. The second kappa shape index (κ2) is 11.1. The summed E-state index contributed by atoms with van der Waals surface area (Å²) in [5.74, 6) is 1.86. The summed E-state index contributed by atoms with van der Waals surface area (Å²) in [6.45, 7) is 18.4. The molecule has 0 aromatic heterocycles. The summed E-state index contributed by atoms with van der Waals surface area (Å²) in [4.78, 5) is 0. The number of rotatable bonds is 6. The summed E-state index contributed by atoms with van der Waals surface area (Å²) < 4.78 is 0. The van der Waals surface area contributed by atoms with Crippen LogP contribution in [0.5, 0.6) is 0 Å². The van der Waals surface area contributed by atoms with Gasteiger partial charge in [-0.3, -0.25) is 0 Å². The minimum absolute atomic E-state index is 0.507. The first-order valence-electron chi connectivity index (χ1n) is 7.80. The first-order valence-corrected chi connectivity index (χ1v) is 7.80. The molecule has 0 N–H and O–H groups in total. The van der Waals surface area contributed by atoms with Gasteiger partial charge in [-0.25, -0.2) is 0 Å². The lowest BCUT2D eigenvalue weighted by molar-refractivity contribution is 0.248. The van der Waals surface area contributed by atoms with Crippen LogP contribution in [0.4, 0.5) is 0 Å². The summed E-state index contributed by atoms with van der Waals surface area (Å²) in [5.41, 5.74) is 0.507. The second-order valence-electron chi connectivity index (χ2n) is 6.88. The van der Waals surface area contributed by atoms with Crippen LogP contribution in [0.25, 0.3) is 0 Å². The number of hydrogen-bond acceptors (Lipinski definition) is 0. The largest absolute Gasteiger partial charge is 0.0656 e. The van der Waals surface area contributed by atoms with Gasteiger partial charge in [-0.15, -0.1) is 0 Å². The molecule has 0 amide bonds. The molecule has 0 aliphatic heterocycles. The van der Waals surface area contributed by atoms with E-state index in [0.29, 0.717) is 5.41 Å². The topological polar surface area (TPSA) is 0 Å². The van der Waals surface area contributed by atoms with Gasteiger partial charge in [-0.1, -0.05) is 81.1 Å². The highest BCUT2D eigenvalue weighted by Gasteiger charge is 2.18. The molecule has 2 atom stereocenters. The summed E-state index contributed by atoms with van der Waals surface area (Å²) >= 11 is 0. The van der Waals surface area contributed by atoms with Crippen molar-refractivity contribution in [3.8, 4) is 0 Å². The van der Waals surface area contributed by atoms with E-state index in [1.54, 1.807) is 0 Å². The average Bonchev–Trinajstić information content (AvgIpc) is 2.16. The Bertz CT molecular complexity index is 141. The number of hydrogen-bond donors (Lipinski definition) is 0. The van der Waals surface area contributed by atoms with E-state index in [9.17, 15) is 0 Å². The molecule has 0 bridgehead atoms. The summed E-state index contributed by atoms with van der Waals surface area (Å²) in [6, 6.07) is 0. The lowest BCUT2D eigenvalue weighted by Crippen LogP contribution is -2.15. The Hall–Kier alpha value is 0. The van der Waals surface area contributed by atoms with Crippen LogP contribution in [0.2, 0.25) is 0 Å². The molecule has 0 aromatic rings. The quantitative estimate of drug-likeness (QED) is 0.486. The van der Waals surface area contributed by atoms with E-state index in [-0.39, 0.29) is 0 Å². The summed E-state index contributed by atoms with van der Waals surface area (Å²) in [5, 5.41) is 0. The van der Waals surface area contributed by atoms with Gasteiger partial charge in [0.1, 0.15) is 0 Å². The summed E-state index contributed by atoms with van der Waals surface area (Å²) in [7, 11) is 0. The van der Waals surface area contributed by atoms with Gasteiger partial charge < -0.3 is 0 Å². The monoisotopic (exact) mass is 242 g/mol. The third-order valence-corrected chi connectivity index (χ3v) is 3.00. The van der Waals surface area contributed by atoms with E-state index in [1.165, 1.54) is 38.5 Å². The van der Waals surface area contributed by atoms with Gasteiger partial charge in [0.15, 0.2) is 0 Å². The van der Waals surface area contributed by atoms with Gasteiger partial charge in [0.05, 0.1) is 0 Å². The van der Waals surface area contributed by atoms with E-state index in [0.717, 1.165) is 11.8 Å². The van der Waals surface area contributed by atoms with Gasteiger partial charge in [0, 0.05) is 0 Å². The Morgan fingerprint density at radius 3 is 1.71 bits per heavy atom. The van der Waals surface area contributed by atoms with Crippen molar-refractivity contribution in [2.24, 2.45) is 17.3 Å². The molecule has 0 aliphatic rings. The van der Waals surface area contributed by atoms with E-state index in [2.05, 4.69) is 55.4 Å². The molecule has 2 unspecified atom stereocenters. The maximum absolute atomic E-state index is 2.41. The van der Waals surface area contributed by atoms with Crippen molar-refractivity contribution in [1.29, 1.82) is 0 Å². The van der Waals surface area contributed by atoms with Crippen molar-refractivity contribution < 1.29 is 0 Å². The second-order valence-corrected chi connectivity index (χ2v) is 6.88. The molecule has 0 aliphatic carbocycles. The molecular weight excluding hydrogens is 204 g/mol. The van der Waals surface area contributed by atoms with Crippen LogP contribution in [0, 0.1) is 17.3 Å². The predicted molar refractivity (Wildman–Crippen MR) is 82.5 cm³/mol. The molecule has 0 saturated heterocycles. The van der Waals surface area contributed by atoms with Crippen LogP contribution in [0.1, 0.15) is 93.9 Å². The van der Waals surface area contributed by atoms with E-state index >= 15 is 0 Å². The lowest BCUT2D eigenvalue weighted by atomic mass is 9.79. The minimum atomic E-state index is 0.507.